The van der Waals surface area contributed by atoms with E-state index in [0.29, 0.717) is 6.54 Å². The summed E-state index contributed by atoms with van der Waals surface area (Å²) in [7, 11) is 1.99. The highest BCUT2D eigenvalue weighted by Gasteiger charge is 2.14. The SMILES string of the molecule is Cn1cnc2c(N(CCN)Cc3ccccc3)nccc21. The topological polar surface area (TPSA) is 60.0 Å². The van der Waals surface area contributed by atoms with Gasteiger partial charge in [0.25, 0.3) is 0 Å². The van der Waals surface area contributed by atoms with E-state index in [1.54, 1.807) is 0 Å². The Morgan fingerprint density at radius 1 is 1.14 bits per heavy atom. The molecule has 0 saturated carbocycles. The zero-order valence-corrected chi connectivity index (χ0v) is 12.1. The van der Waals surface area contributed by atoms with Gasteiger partial charge in [0, 0.05) is 32.9 Å². The molecular weight excluding hydrogens is 262 g/mol. The Bertz CT molecular complexity index is 720. The molecule has 0 aliphatic rings. The van der Waals surface area contributed by atoms with Crippen molar-refractivity contribution in [2.45, 2.75) is 6.54 Å². The van der Waals surface area contributed by atoms with Crippen LogP contribution in [0.4, 0.5) is 5.82 Å². The van der Waals surface area contributed by atoms with Crippen LogP contribution in [0.15, 0.2) is 48.9 Å². The molecule has 0 aliphatic heterocycles. The molecule has 0 radical (unpaired) electrons. The zero-order valence-electron chi connectivity index (χ0n) is 12.1. The fourth-order valence-corrected chi connectivity index (χ4v) is 2.50. The van der Waals surface area contributed by atoms with Crippen molar-refractivity contribution in [1.29, 1.82) is 0 Å². The average Bonchev–Trinajstić information content (AvgIpc) is 2.90. The van der Waals surface area contributed by atoms with Crippen molar-refractivity contribution < 1.29 is 0 Å². The molecule has 0 aliphatic carbocycles. The van der Waals surface area contributed by atoms with Crippen LogP contribution in [-0.2, 0) is 13.6 Å². The van der Waals surface area contributed by atoms with Gasteiger partial charge in [0.15, 0.2) is 5.82 Å². The van der Waals surface area contributed by atoms with E-state index in [2.05, 4.69) is 27.0 Å². The number of anilines is 1. The molecule has 1 aromatic carbocycles. The lowest BCUT2D eigenvalue weighted by molar-refractivity contribution is 0.779. The van der Waals surface area contributed by atoms with Crippen LogP contribution in [-0.4, -0.2) is 27.6 Å². The third-order valence-electron chi connectivity index (χ3n) is 3.54. The lowest BCUT2D eigenvalue weighted by Crippen LogP contribution is -2.29. The number of nitrogens with two attached hydrogens (primary N) is 1. The molecule has 0 unspecified atom stereocenters. The molecule has 5 nitrogen and oxygen atoms in total. The maximum Gasteiger partial charge on any atom is 0.157 e. The van der Waals surface area contributed by atoms with Crippen LogP contribution >= 0.6 is 0 Å². The van der Waals surface area contributed by atoms with E-state index >= 15 is 0 Å². The summed E-state index contributed by atoms with van der Waals surface area (Å²) in [5, 5.41) is 0. The minimum Gasteiger partial charge on any atom is -0.349 e. The third kappa shape index (κ3) is 2.73. The summed E-state index contributed by atoms with van der Waals surface area (Å²) in [5.41, 5.74) is 9.01. The summed E-state index contributed by atoms with van der Waals surface area (Å²) < 4.78 is 2.00. The Morgan fingerprint density at radius 2 is 1.95 bits per heavy atom. The van der Waals surface area contributed by atoms with Gasteiger partial charge in [0.1, 0.15) is 5.52 Å². The van der Waals surface area contributed by atoms with E-state index in [4.69, 9.17) is 5.73 Å². The number of aromatic nitrogens is 3. The predicted molar refractivity (Wildman–Crippen MR) is 85.1 cm³/mol. The van der Waals surface area contributed by atoms with E-state index in [-0.39, 0.29) is 0 Å². The van der Waals surface area contributed by atoms with Gasteiger partial charge in [-0.2, -0.15) is 0 Å². The molecule has 0 bridgehead atoms. The fourth-order valence-electron chi connectivity index (χ4n) is 2.50. The fraction of sp³-hybridized carbons (Fsp3) is 0.250. The van der Waals surface area contributed by atoms with Gasteiger partial charge in [-0.25, -0.2) is 9.97 Å². The first kappa shape index (κ1) is 13.6. The van der Waals surface area contributed by atoms with Crippen LogP contribution in [0.3, 0.4) is 0 Å². The summed E-state index contributed by atoms with van der Waals surface area (Å²) in [6, 6.07) is 12.3. The van der Waals surface area contributed by atoms with Gasteiger partial charge < -0.3 is 15.2 Å². The Kier molecular flexibility index (Phi) is 3.83. The minimum atomic E-state index is 0.581. The quantitative estimate of drug-likeness (QED) is 0.776. The smallest absolute Gasteiger partial charge is 0.157 e. The average molecular weight is 281 g/mol. The van der Waals surface area contributed by atoms with Gasteiger partial charge >= 0.3 is 0 Å². The van der Waals surface area contributed by atoms with Gasteiger partial charge in [-0.3, -0.25) is 0 Å². The highest BCUT2D eigenvalue weighted by Crippen LogP contribution is 2.23. The third-order valence-corrected chi connectivity index (χ3v) is 3.54. The Morgan fingerprint density at radius 3 is 2.71 bits per heavy atom. The first-order valence-electron chi connectivity index (χ1n) is 7.04. The monoisotopic (exact) mass is 281 g/mol. The number of fused-ring (bicyclic) bond motifs is 1. The number of hydrogen-bond donors (Lipinski definition) is 1. The second kappa shape index (κ2) is 5.93. The number of imidazole rings is 1. The van der Waals surface area contributed by atoms with Crippen molar-refractivity contribution >= 4 is 16.9 Å². The molecule has 5 heteroatoms. The first-order chi connectivity index (χ1) is 10.3. The molecule has 0 atom stereocenters. The van der Waals surface area contributed by atoms with Gasteiger partial charge in [0.05, 0.1) is 11.8 Å². The van der Waals surface area contributed by atoms with E-state index in [9.17, 15) is 0 Å². The summed E-state index contributed by atoms with van der Waals surface area (Å²) in [5.74, 6) is 0.891. The van der Waals surface area contributed by atoms with Crippen LogP contribution in [0.5, 0.6) is 0 Å². The van der Waals surface area contributed by atoms with Gasteiger partial charge in [-0.05, 0) is 11.6 Å². The molecule has 0 spiro atoms. The second-order valence-corrected chi connectivity index (χ2v) is 5.05. The van der Waals surface area contributed by atoms with Gasteiger partial charge in [-0.1, -0.05) is 30.3 Å². The van der Waals surface area contributed by atoms with Crippen LogP contribution in [0, 0.1) is 0 Å². The highest BCUT2D eigenvalue weighted by molar-refractivity contribution is 5.86. The van der Waals surface area contributed by atoms with E-state index < -0.39 is 0 Å². The number of rotatable bonds is 5. The molecular formula is C16H19N5. The maximum absolute atomic E-state index is 5.77. The number of nitrogens with zero attached hydrogens (tertiary/aromatic N) is 4. The largest absolute Gasteiger partial charge is 0.349 e. The van der Waals surface area contributed by atoms with E-state index in [1.807, 2.05) is 48.4 Å². The van der Waals surface area contributed by atoms with Crippen LogP contribution in [0.25, 0.3) is 11.0 Å². The molecule has 0 fully saturated rings. The molecule has 21 heavy (non-hydrogen) atoms. The predicted octanol–water partition coefficient (Wildman–Crippen LogP) is 1.93. The molecule has 3 rings (SSSR count). The highest BCUT2D eigenvalue weighted by atomic mass is 15.2. The number of hydrogen-bond acceptors (Lipinski definition) is 4. The van der Waals surface area contributed by atoms with E-state index in [0.717, 1.165) is 29.9 Å². The Labute approximate surface area is 124 Å². The molecule has 0 saturated heterocycles. The molecule has 3 aromatic rings. The van der Waals surface area contributed by atoms with Crippen LogP contribution in [0.1, 0.15) is 5.56 Å². The lowest BCUT2D eigenvalue weighted by Gasteiger charge is -2.23. The van der Waals surface area contributed by atoms with Crippen molar-refractivity contribution in [2.75, 3.05) is 18.0 Å². The Hall–Kier alpha value is -2.40. The van der Waals surface area contributed by atoms with Crippen molar-refractivity contribution in [2.24, 2.45) is 12.8 Å². The van der Waals surface area contributed by atoms with Gasteiger partial charge in [0.2, 0.25) is 0 Å². The van der Waals surface area contributed by atoms with Crippen molar-refractivity contribution in [3.63, 3.8) is 0 Å². The summed E-state index contributed by atoms with van der Waals surface area (Å²) in [6.45, 7) is 2.11. The standard InChI is InChI=1S/C16H19N5/c1-20-12-19-15-14(20)7-9-18-16(15)21(10-8-17)11-13-5-3-2-4-6-13/h2-7,9,12H,8,10-11,17H2,1H3. The van der Waals surface area contributed by atoms with Crippen molar-refractivity contribution in [3.05, 3.63) is 54.5 Å². The Balaban J connectivity index is 1.99. The normalized spacial score (nSPS) is 11.0. The molecule has 108 valence electrons. The molecule has 2 N–H and O–H groups in total. The molecule has 2 aromatic heterocycles. The minimum absolute atomic E-state index is 0.581. The summed E-state index contributed by atoms with van der Waals surface area (Å²) >= 11 is 0. The van der Waals surface area contributed by atoms with E-state index in [1.165, 1.54) is 5.56 Å². The summed E-state index contributed by atoms with van der Waals surface area (Å²) in [6.07, 6.45) is 3.65. The maximum atomic E-state index is 5.77. The summed E-state index contributed by atoms with van der Waals surface area (Å²) in [4.78, 5) is 11.2. The molecule has 2 heterocycles. The zero-order chi connectivity index (χ0) is 14.7. The van der Waals surface area contributed by atoms with Gasteiger partial charge in [-0.15, -0.1) is 0 Å². The van der Waals surface area contributed by atoms with Crippen molar-refractivity contribution in [1.82, 2.24) is 14.5 Å². The van der Waals surface area contributed by atoms with Crippen LogP contribution < -0.4 is 10.6 Å². The number of pyridine rings is 1. The van der Waals surface area contributed by atoms with Crippen LogP contribution in [0.2, 0.25) is 0 Å². The second-order valence-electron chi connectivity index (χ2n) is 5.05. The first-order valence-corrected chi connectivity index (χ1v) is 7.04. The number of aryl methyl sites for hydroxylation is 1. The number of benzene rings is 1. The van der Waals surface area contributed by atoms with Crippen molar-refractivity contribution in [3.8, 4) is 0 Å². The molecule has 0 amide bonds. The lowest BCUT2D eigenvalue weighted by atomic mass is 10.2.